The Balaban J connectivity index is 2.65. The second-order valence-corrected chi connectivity index (χ2v) is 4.71. The van der Waals surface area contributed by atoms with Crippen molar-refractivity contribution in [2.75, 3.05) is 6.54 Å². The lowest BCUT2D eigenvalue weighted by Crippen LogP contribution is -2.44. The molecule has 0 aliphatic heterocycles. The molecule has 1 atom stereocenters. The van der Waals surface area contributed by atoms with Crippen molar-refractivity contribution in [2.45, 2.75) is 33.8 Å². The molecule has 0 radical (unpaired) electrons. The van der Waals surface area contributed by atoms with Crippen molar-refractivity contribution in [3.05, 3.63) is 34.9 Å². The highest BCUT2D eigenvalue weighted by molar-refractivity contribution is 5.98. The number of hydrogen-bond acceptors (Lipinski definition) is 4. The number of aryl methyl sites for hydroxylation is 2. The first-order valence-electron chi connectivity index (χ1n) is 6.72. The lowest BCUT2D eigenvalue weighted by molar-refractivity contribution is -0.127. The van der Waals surface area contributed by atoms with Crippen molar-refractivity contribution in [1.82, 2.24) is 10.6 Å². The maximum Gasteiger partial charge on any atom is 0.339 e. The molecule has 0 aromatic heterocycles. The summed E-state index contributed by atoms with van der Waals surface area (Å²) in [4.78, 5) is 34.9. The largest absolute Gasteiger partial charge is 0.449 e. The molecule has 1 aromatic carbocycles. The van der Waals surface area contributed by atoms with Crippen LogP contribution in [0.2, 0.25) is 0 Å². The van der Waals surface area contributed by atoms with Crippen LogP contribution < -0.4 is 10.6 Å². The molecular weight excluding hydrogens is 272 g/mol. The van der Waals surface area contributed by atoms with E-state index in [9.17, 15) is 14.4 Å². The molecule has 1 rings (SSSR count). The highest BCUT2D eigenvalue weighted by Crippen LogP contribution is 2.12. The third-order valence-electron chi connectivity index (χ3n) is 2.83. The van der Waals surface area contributed by atoms with E-state index in [0.29, 0.717) is 12.1 Å². The van der Waals surface area contributed by atoms with E-state index in [0.717, 1.165) is 11.1 Å². The first-order valence-corrected chi connectivity index (χ1v) is 6.72. The number of rotatable bonds is 4. The summed E-state index contributed by atoms with van der Waals surface area (Å²) in [5.41, 5.74) is 2.21. The number of hydrogen-bond donors (Lipinski definition) is 2. The van der Waals surface area contributed by atoms with Gasteiger partial charge in [-0.25, -0.2) is 9.59 Å². The summed E-state index contributed by atoms with van der Waals surface area (Å²) in [6.45, 7) is 7.26. The van der Waals surface area contributed by atoms with E-state index >= 15 is 0 Å². The molecule has 0 saturated carbocycles. The quantitative estimate of drug-likeness (QED) is 0.827. The van der Waals surface area contributed by atoms with Gasteiger partial charge in [-0.3, -0.25) is 10.1 Å². The smallest absolute Gasteiger partial charge is 0.339 e. The standard InChI is InChI=1S/C15H20N2O4/c1-5-16-15(20)17-13(18)11(4)21-14(19)12-7-6-9(2)8-10(12)3/h6-8,11H,5H2,1-4H3,(H2,16,17,18,20)/t11-/m1/s1. The molecule has 0 aliphatic carbocycles. The van der Waals surface area contributed by atoms with Crippen LogP contribution in [0.1, 0.15) is 35.3 Å². The predicted molar refractivity (Wildman–Crippen MR) is 78.0 cm³/mol. The van der Waals surface area contributed by atoms with E-state index in [4.69, 9.17) is 4.74 Å². The van der Waals surface area contributed by atoms with Crippen LogP contribution in [0, 0.1) is 13.8 Å². The first kappa shape index (κ1) is 16.7. The van der Waals surface area contributed by atoms with Crippen molar-refractivity contribution in [3.8, 4) is 0 Å². The summed E-state index contributed by atoms with van der Waals surface area (Å²) in [7, 11) is 0. The van der Waals surface area contributed by atoms with Gasteiger partial charge in [0.05, 0.1) is 5.56 Å². The fourth-order valence-electron chi connectivity index (χ4n) is 1.74. The van der Waals surface area contributed by atoms with Gasteiger partial charge in [0.15, 0.2) is 6.10 Å². The number of amides is 3. The molecule has 0 heterocycles. The number of carbonyl (C=O) groups excluding carboxylic acids is 3. The Morgan fingerprint density at radius 3 is 2.48 bits per heavy atom. The van der Waals surface area contributed by atoms with Crippen LogP contribution in [0.4, 0.5) is 4.79 Å². The fraction of sp³-hybridized carbons (Fsp3) is 0.400. The zero-order valence-corrected chi connectivity index (χ0v) is 12.6. The first-order chi connectivity index (χ1) is 9.85. The minimum atomic E-state index is -1.05. The van der Waals surface area contributed by atoms with E-state index in [1.165, 1.54) is 6.92 Å². The predicted octanol–water partition coefficient (Wildman–Crippen LogP) is 1.69. The lowest BCUT2D eigenvalue weighted by Gasteiger charge is -2.14. The highest BCUT2D eigenvalue weighted by atomic mass is 16.5. The summed E-state index contributed by atoms with van der Waals surface area (Å²) in [6.07, 6.45) is -1.05. The number of ether oxygens (including phenoxy) is 1. The number of esters is 1. The average molecular weight is 292 g/mol. The molecule has 21 heavy (non-hydrogen) atoms. The maximum absolute atomic E-state index is 12.0. The van der Waals surface area contributed by atoms with E-state index in [2.05, 4.69) is 10.6 Å². The van der Waals surface area contributed by atoms with Crippen LogP contribution >= 0.6 is 0 Å². The molecule has 6 nitrogen and oxygen atoms in total. The van der Waals surface area contributed by atoms with Gasteiger partial charge >= 0.3 is 12.0 Å². The number of urea groups is 1. The molecule has 6 heteroatoms. The van der Waals surface area contributed by atoms with Crippen molar-refractivity contribution in [2.24, 2.45) is 0 Å². The van der Waals surface area contributed by atoms with Gasteiger partial charge in [-0.15, -0.1) is 0 Å². The van der Waals surface area contributed by atoms with Gasteiger partial charge < -0.3 is 10.1 Å². The SMILES string of the molecule is CCNC(=O)NC(=O)[C@@H](C)OC(=O)c1ccc(C)cc1C. The van der Waals surface area contributed by atoms with Crippen molar-refractivity contribution >= 4 is 17.9 Å². The zero-order valence-electron chi connectivity index (χ0n) is 12.6. The highest BCUT2D eigenvalue weighted by Gasteiger charge is 2.21. The number of benzene rings is 1. The van der Waals surface area contributed by atoms with Gasteiger partial charge in [0.2, 0.25) is 0 Å². The topological polar surface area (TPSA) is 84.5 Å². The molecule has 0 aliphatic rings. The van der Waals surface area contributed by atoms with Gasteiger partial charge in [-0.2, -0.15) is 0 Å². The Morgan fingerprint density at radius 2 is 1.90 bits per heavy atom. The third kappa shape index (κ3) is 4.91. The van der Waals surface area contributed by atoms with Crippen molar-refractivity contribution < 1.29 is 19.1 Å². The van der Waals surface area contributed by atoms with Gasteiger partial charge in [0.1, 0.15) is 0 Å². The minimum Gasteiger partial charge on any atom is -0.449 e. The summed E-state index contributed by atoms with van der Waals surface area (Å²) in [5, 5.41) is 4.52. The lowest BCUT2D eigenvalue weighted by atomic mass is 10.1. The van der Waals surface area contributed by atoms with Crippen molar-refractivity contribution in [1.29, 1.82) is 0 Å². The molecule has 0 unspecified atom stereocenters. The van der Waals surface area contributed by atoms with E-state index in [-0.39, 0.29) is 0 Å². The molecule has 1 aromatic rings. The van der Waals surface area contributed by atoms with Crippen LogP contribution in [0.3, 0.4) is 0 Å². The van der Waals surface area contributed by atoms with Gasteiger partial charge in [0, 0.05) is 6.54 Å². The molecule has 114 valence electrons. The summed E-state index contributed by atoms with van der Waals surface area (Å²) in [6, 6.07) is 4.69. The normalized spacial score (nSPS) is 11.4. The number of carbonyl (C=O) groups is 3. The Hall–Kier alpha value is -2.37. The molecule has 0 bridgehead atoms. The molecule has 0 spiro atoms. The monoisotopic (exact) mass is 292 g/mol. The van der Waals surface area contributed by atoms with Gasteiger partial charge in [0.25, 0.3) is 5.91 Å². The third-order valence-corrected chi connectivity index (χ3v) is 2.83. The van der Waals surface area contributed by atoms with Crippen LogP contribution in [0.25, 0.3) is 0 Å². The second kappa shape index (κ2) is 7.42. The summed E-state index contributed by atoms with van der Waals surface area (Å²) in [5.74, 6) is -1.26. The molecule has 0 fully saturated rings. The van der Waals surface area contributed by atoms with Crippen LogP contribution in [0.15, 0.2) is 18.2 Å². The fourth-order valence-corrected chi connectivity index (χ4v) is 1.74. The van der Waals surface area contributed by atoms with Crippen molar-refractivity contribution in [3.63, 3.8) is 0 Å². The van der Waals surface area contributed by atoms with Crippen LogP contribution in [0.5, 0.6) is 0 Å². The Morgan fingerprint density at radius 1 is 1.24 bits per heavy atom. The number of nitrogens with one attached hydrogen (secondary N) is 2. The molecule has 3 amide bonds. The zero-order chi connectivity index (χ0) is 16.0. The van der Waals surface area contributed by atoms with Crippen LogP contribution in [-0.4, -0.2) is 30.6 Å². The Kier molecular flexibility index (Phi) is 5.90. The maximum atomic E-state index is 12.0. The van der Waals surface area contributed by atoms with Gasteiger partial charge in [-0.1, -0.05) is 17.7 Å². The molecular formula is C15H20N2O4. The Labute approximate surface area is 123 Å². The molecule has 2 N–H and O–H groups in total. The van der Waals surface area contributed by atoms with E-state index in [1.807, 2.05) is 13.0 Å². The molecule has 0 saturated heterocycles. The average Bonchev–Trinajstić information content (AvgIpc) is 2.38. The Bertz CT molecular complexity index is 555. The number of imide groups is 1. The summed E-state index contributed by atoms with van der Waals surface area (Å²) >= 11 is 0. The second-order valence-electron chi connectivity index (χ2n) is 4.71. The minimum absolute atomic E-state index is 0.399. The van der Waals surface area contributed by atoms with Crippen LogP contribution in [-0.2, 0) is 9.53 Å². The van der Waals surface area contributed by atoms with Gasteiger partial charge in [-0.05, 0) is 39.3 Å². The van der Waals surface area contributed by atoms with E-state index in [1.54, 1.807) is 26.0 Å². The van der Waals surface area contributed by atoms with E-state index < -0.39 is 24.0 Å². The summed E-state index contributed by atoms with van der Waals surface area (Å²) < 4.78 is 5.07.